The summed E-state index contributed by atoms with van der Waals surface area (Å²) >= 11 is 0. The first kappa shape index (κ1) is 19.2. The molecule has 0 radical (unpaired) electrons. The number of carbonyl (C=O) groups excluding carboxylic acids is 1. The molecule has 4 aromatic heterocycles. The standard InChI is InChI=1S/C20H19N7O3/c1-25-18-17(19(29)26(2)20(25)30)27(12-24-18)11-16(28)23-9-13-5-6-15(22-8-13)14-4-3-7-21-10-14/h3-8,10,12H,9,11H2,1-2H3,(H,23,28). The summed E-state index contributed by atoms with van der Waals surface area (Å²) in [7, 11) is 2.92. The number of fused-ring (bicyclic) bond motifs is 1. The second-order valence-electron chi connectivity index (χ2n) is 6.82. The molecule has 4 rings (SSSR count). The second kappa shape index (κ2) is 7.74. The Labute approximate surface area is 170 Å². The van der Waals surface area contributed by atoms with Gasteiger partial charge in [-0.25, -0.2) is 9.78 Å². The Morgan fingerprint density at radius 2 is 1.90 bits per heavy atom. The summed E-state index contributed by atoms with van der Waals surface area (Å²) in [5.41, 5.74) is 2.03. The van der Waals surface area contributed by atoms with E-state index < -0.39 is 11.2 Å². The third-order valence-corrected chi connectivity index (χ3v) is 4.80. The zero-order chi connectivity index (χ0) is 21.3. The van der Waals surface area contributed by atoms with E-state index in [2.05, 4.69) is 20.3 Å². The summed E-state index contributed by atoms with van der Waals surface area (Å²) in [4.78, 5) is 49.4. The largest absolute Gasteiger partial charge is 0.350 e. The van der Waals surface area contributed by atoms with E-state index in [1.165, 1.54) is 29.6 Å². The quantitative estimate of drug-likeness (QED) is 0.507. The fourth-order valence-corrected chi connectivity index (χ4v) is 3.14. The van der Waals surface area contributed by atoms with Crippen LogP contribution in [0.5, 0.6) is 0 Å². The third kappa shape index (κ3) is 3.50. The van der Waals surface area contributed by atoms with Gasteiger partial charge in [0.1, 0.15) is 6.54 Å². The van der Waals surface area contributed by atoms with E-state index in [1.807, 2.05) is 24.3 Å². The maximum Gasteiger partial charge on any atom is 0.332 e. The van der Waals surface area contributed by atoms with Crippen LogP contribution in [0.15, 0.2) is 58.8 Å². The van der Waals surface area contributed by atoms with Crippen molar-refractivity contribution in [1.29, 1.82) is 0 Å². The molecule has 0 aromatic carbocycles. The molecule has 10 heteroatoms. The van der Waals surface area contributed by atoms with Gasteiger partial charge in [0.15, 0.2) is 11.2 Å². The van der Waals surface area contributed by atoms with E-state index in [9.17, 15) is 14.4 Å². The third-order valence-electron chi connectivity index (χ3n) is 4.80. The number of aromatic nitrogens is 6. The Morgan fingerprint density at radius 1 is 1.07 bits per heavy atom. The molecule has 1 N–H and O–H groups in total. The maximum atomic E-state index is 12.4. The predicted molar refractivity (Wildman–Crippen MR) is 110 cm³/mol. The summed E-state index contributed by atoms with van der Waals surface area (Å²) in [5, 5.41) is 2.80. The average molecular weight is 405 g/mol. The Hall–Kier alpha value is -4.08. The van der Waals surface area contributed by atoms with Crippen LogP contribution in [0.3, 0.4) is 0 Å². The molecule has 0 bridgehead atoms. The molecular formula is C20H19N7O3. The molecule has 0 saturated carbocycles. The minimum absolute atomic E-state index is 0.0921. The summed E-state index contributed by atoms with van der Waals surface area (Å²) in [6.07, 6.45) is 6.52. The summed E-state index contributed by atoms with van der Waals surface area (Å²) in [6, 6.07) is 7.52. The molecule has 10 nitrogen and oxygen atoms in total. The van der Waals surface area contributed by atoms with E-state index in [0.717, 1.165) is 21.4 Å². The molecule has 0 aliphatic heterocycles. The highest BCUT2D eigenvalue weighted by molar-refractivity contribution is 5.78. The highest BCUT2D eigenvalue weighted by atomic mass is 16.2. The minimum atomic E-state index is -0.492. The second-order valence-corrected chi connectivity index (χ2v) is 6.82. The Bertz CT molecular complexity index is 1340. The fraction of sp³-hybridized carbons (Fsp3) is 0.200. The lowest BCUT2D eigenvalue weighted by Gasteiger charge is -2.08. The molecule has 152 valence electrons. The minimum Gasteiger partial charge on any atom is -0.350 e. The van der Waals surface area contributed by atoms with Gasteiger partial charge in [0, 0.05) is 44.8 Å². The van der Waals surface area contributed by atoms with E-state index >= 15 is 0 Å². The lowest BCUT2D eigenvalue weighted by Crippen LogP contribution is -2.38. The van der Waals surface area contributed by atoms with E-state index in [4.69, 9.17) is 0 Å². The number of amides is 1. The van der Waals surface area contributed by atoms with Crippen molar-refractivity contribution < 1.29 is 4.79 Å². The Kier molecular flexibility index (Phi) is 4.97. The lowest BCUT2D eigenvalue weighted by atomic mass is 10.1. The van der Waals surface area contributed by atoms with Crippen molar-refractivity contribution in [2.45, 2.75) is 13.1 Å². The number of aryl methyl sites for hydroxylation is 1. The summed E-state index contributed by atoms with van der Waals surface area (Å²) in [6.45, 7) is 0.202. The van der Waals surface area contributed by atoms with Crippen LogP contribution in [-0.4, -0.2) is 34.6 Å². The first-order valence-corrected chi connectivity index (χ1v) is 9.18. The van der Waals surface area contributed by atoms with E-state index in [-0.39, 0.29) is 23.6 Å². The van der Waals surface area contributed by atoms with Gasteiger partial charge in [-0.05, 0) is 23.8 Å². The molecule has 0 aliphatic rings. The zero-order valence-corrected chi connectivity index (χ0v) is 16.4. The molecule has 0 spiro atoms. The predicted octanol–water partition coefficient (Wildman–Crippen LogP) is 0.207. The number of imidazole rings is 1. The average Bonchev–Trinajstić information content (AvgIpc) is 3.19. The molecule has 30 heavy (non-hydrogen) atoms. The van der Waals surface area contributed by atoms with Crippen LogP contribution in [0.25, 0.3) is 22.4 Å². The van der Waals surface area contributed by atoms with Crippen molar-refractivity contribution in [3.05, 3.63) is 75.6 Å². The van der Waals surface area contributed by atoms with Gasteiger partial charge < -0.3 is 9.88 Å². The fourth-order valence-electron chi connectivity index (χ4n) is 3.14. The number of nitrogens with zero attached hydrogens (tertiary/aromatic N) is 6. The smallest absolute Gasteiger partial charge is 0.332 e. The normalized spacial score (nSPS) is 11.0. The molecule has 4 aromatic rings. The number of carbonyl (C=O) groups is 1. The van der Waals surface area contributed by atoms with Crippen LogP contribution in [0, 0.1) is 0 Å². The van der Waals surface area contributed by atoms with Crippen molar-refractivity contribution in [2.75, 3.05) is 0 Å². The molecule has 0 fully saturated rings. The van der Waals surface area contributed by atoms with Crippen molar-refractivity contribution in [1.82, 2.24) is 34.0 Å². The van der Waals surface area contributed by atoms with Gasteiger partial charge in [0.2, 0.25) is 5.91 Å². The van der Waals surface area contributed by atoms with Crippen LogP contribution in [0.4, 0.5) is 0 Å². The Morgan fingerprint density at radius 3 is 2.60 bits per heavy atom. The maximum absolute atomic E-state index is 12.4. The number of hydrogen-bond acceptors (Lipinski definition) is 6. The Balaban J connectivity index is 1.46. The highest BCUT2D eigenvalue weighted by Crippen LogP contribution is 2.15. The van der Waals surface area contributed by atoms with Gasteiger partial charge >= 0.3 is 5.69 Å². The van der Waals surface area contributed by atoms with Gasteiger partial charge in [-0.3, -0.25) is 28.7 Å². The van der Waals surface area contributed by atoms with Gasteiger partial charge in [-0.1, -0.05) is 6.07 Å². The van der Waals surface area contributed by atoms with Gasteiger partial charge in [-0.2, -0.15) is 0 Å². The van der Waals surface area contributed by atoms with E-state index in [0.29, 0.717) is 6.54 Å². The molecule has 4 heterocycles. The van der Waals surface area contributed by atoms with Crippen molar-refractivity contribution in [3.63, 3.8) is 0 Å². The van der Waals surface area contributed by atoms with E-state index in [1.54, 1.807) is 18.6 Å². The van der Waals surface area contributed by atoms with Crippen LogP contribution in [-0.2, 0) is 32.0 Å². The van der Waals surface area contributed by atoms with Crippen LogP contribution in [0.1, 0.15) is 5.56 Å². The molecule has 0 saturated heterocycles. The summed E-state index contributed by atoms with van der Waals surface area (Å²) in [5.74, 6) is -0.290. The van der Waals surface area contributed by atoms with Crippen LogP contribution < -0.4 is 16.6 Å². The molecule has 0 aliphatic carbocycles. The monoisotopic (exact) mass is 405 g/mol. The van der Waals surface area contributed by atoms with Crippen LogP contribution in [0.2, 0.25) is 0 Å². The SMILES string of the molecule is Cn1c(=O)c2c(ncn2CC(=O)NCc2ccc(-c3cccnc3)nc2)n(C)c1=O. The number of pyridine rings is 2. The first-order chi connectivity index (χ1) is 14.5. The molecule has 1 amide bonds. The molecule has 0 unspecified atom stereocenters. The number of hydrogen-bond donors (Lipinski definition) is 1. The van der Waals surface area contributed by atoms with Gasteiger partial charge in [0.25, 0.3) is 5.56 Å². The first-order valence-electron chi connectivity index (χ1n) is 9.18. The number of rotatable bonds is 5. The van der Waals surface area contributed by atoms with Gasteiger partial charge in [0.05, 0.1) is 12.0 Å². The molecular weight excluding hydrogens is 386 g/mol. The van der Waals surface area contributed by atoms with Gasteiger partial charge in [-0.15, -0.1) is 0 Å². The topological polar surface area (TPSA) is 117 Å². The summed E-state index contributed by atoms with van der Waals surface area (Å²) < 4.78 is 3.71. The number of nitrogens with one attached hydrogen (secondary N) is 1. The van der Waals surface area contributed by atoms with Crippen molar-refractivity contribution in [2.24, 2.45) is 14.1 Å². The zero-order valence-electron chi connectivity index (χ0n) is 16.4. The lowest BCUT2D eigenvalue weighted by molar-refractivity contribution is -0.121. The van der Waals surface area contributed by atoms with Crippen molar-refractivity contribution in [3.8, 4) is 11.3 Å². The molecule has 0 atom stereocenters. The van der Waals surface area contributed by atoms with Crippen LogP contribution >= 0.6 is 0 Å². The highest BCUT2D eigenvalue weighted by Gasteiger charge is 2.15. The van der Waals surface area contributed by atoms with Crippen molar-refractivity contribution >= 4 is 17.1 Å².